The average molecular weight is 815 g/mol. The summed E-state index contributed by atoms with van der Waals surface area (Å²) >= 11 is 0. The van der Waals surface area contributed by atoms with E-state index in [1.165, 1.54) is 71.9 Å². The predicted octanol–water partition coefficient (Wildman–Crippen LogP) is 16.2. The Morgan fingerprint density at radius 2 is 0.859 bits per heavy atom. The Balaban J connectivity index is 0.944. The van der Waals surface area contributed by atoms with Gasteiger partial charge >= 0.3 is 0 Å². The fourth-order valence-corrected chi connectivity index (χ4v) is 11.3. The number of nitrogens with zero attached hydrogens (tertiary/aromatic N) is 2. The molecule has 3 nitrogen and oxygen atoms in total. The Bertz CT molecular complexity index is 3790. The molecule has 0 aliphatic heterocycles. The van der Waals surface area contributed by atoms with Crippen LogP contribution >= 0.6 is 0 Å². The summed E-state index contributed by atoms with van der Waals surface area (Å²) < 4.78 is 8.71. The van der Waals surface area contributed by atoms with E-state index in [4.69, 9.17) is 4.42 Å². The number of hydrogen-bond acceptors (Lipinski definition) is 2. The number of furan rings is 1. The van der Waals surface area contributed by atoms with E-state index in [9.17, 15) is 0 Å². The first-order chi connectivity index (χ1) is 31.7. The first-order valence-corrected chi connectivity index (χ1v) is 22.1. The molecule has 0 saturated heterocycles. The third kappa shape index (κ3) is 4.81. The largest absolute Gasteiger partial charge is 0.456 e. The normalized spacial score (nSPS) is 13.1. The number of para-hydroxylation sites is 3. The summed E-state index contributed by atoms with van der Waals surface area (Å²) in [4.78, 5) is 2.39. The van der Waals surface area contributed by atoms with Gasteiger partial charge in [-0.2, -0.15) is 0 Å². The van der Waals surface area contributed by atoms with Crippen molar-refractivity contribution in [3.63, 3.8) is 0 Å². The minimum Gasteiger partial charge on any atom is -0.456 e. The lowest BCUT2D eigenvalue weighted by Crippen LogP contribution is -2.25. The highest BCUT2D eigenvalue weighted by molar-refractivity contribution is 6.11. The Morgan fingerprint density at radius 3 is 1.59 bits per heavy atom. The maximum absolute atomic E-state index is 6.32. The van der Waals surface area contributed by atoms with Crippen molar-refractivity contribution >= 4 is 60.8 Å². The van der Waals surface area contributed by atoms with Gasteiger partial charge in [-0.25, -0.2) is 0 Å². The number of aromatic nitrogens is 1. The molecular formula is C61H38N2O. The van der Waals surface area contributed by atoms with Crippen molar-refractivity contribution in [2.75, 3.05) is 4.90 Å². The van der Waals surface area contributed by atoms with Crippen molar-refractivity contribution in [1.82, 2.24) is 4.57 Å². The molecule has 2 aliphatic carbocycles. The van der Waals surface area contributed by atoms with E-state index in [1.54, 1.807) is 0 Å². The summed E-state index contributed by atoms with van der Waals surface area (Å²) in [6, 6.07) is 84.5. The molecule has 0 amide bonds. The second-order valence-corrected chi connectivity index (χ2v) is 17.2. The van der Waals surface area contributed by atoms with Crippen LogP contribution in [0.15, 0.2) is 235 Å². The van der Waals surface area contributed by atoms with Crippen molar-refractivity contribution in [3.05, 3.63) is 253 Å². The zero-order chi connectivity index (χ0) is 41.9. The fourth-order valence-electron chi connectivity index (χ4n) is 11.3. The van der Waals surface area contributed by atoms with Crippen LogP contribution in [0.25, 0.3) is 82.8 Å². The van der Waals surface area contributed by atoms with Gasteiger partial charge in [0.05, 0.1) is 16.4 Å². The van der Waals surface area contributed by atoms with E-state index < -0.39 is 0 Å². The molecule has 0 saturated carbocycles. The number of hydrogen-bond donors (Lipinski definition) is 0. The highest BCUT2D eigenvalue weighted by atomic mass is 16.3. The van der Waals surface area contributed by atoms with Gasteiger partial charge in [-0.05, 0) is 128 Å². The van der Waals surface area contributed by atoms with Gasteiger partial charge in [0.2, 0.25) is 0 Å². The van der Waals surface area contributed by atoms with Crippen molar-refractivity contribution in [3.8, 4) is 39.1 Å². The molecule has 298 valence electrons. The van der Waals surface area contributed by atoms with Crippen LogP contribution in [-0.2, 0) is 5.41 Å². The van der Waals surface area contributed by atoms with Crippen LogP contribution in [0.4, 0.5) is 17.1 Å². The molecule has 10 aromatic carbocycles. The molecular weight excluding hydrogens is 777 g/mol. The molecule has 0 bridgehead atoms. The topological polar surface area (TPSA) is 21.3 Å². The summed E-state index contributed by atoms with van der Waals surface area (Å²) in [5, 5.41) is 4.66. The zero-order valence-electron chi connectivity index (χ0n) is 34.7. The quantitative estimate of drug-likeness (QED) is 0.173. The summed E-state index contributed by atoms with van der Waals surface area (Å²) in [6.45, 7) is 0. The van der Waals surface area contributed by atoms with Gasteiger partial charge in [0.15, 0.2) is 0 Å². The molecule has 0 fully saturated rings. The predicted molar refractivity (Wildman–Crippen MR) is 264 cm³/mol. The number of anilines is 3. The molecule has 0 unspecified atom stereocenters. The zero-order valence-corrected chi connectivity index (χ0v) is 34.7. The Kier molecular flexibility index (Phi) is 7.32. The lowest BCUT2D eigenvalue weighted by molar-refractivity contribution is 0.669. The van der Waals surface area contributed by atoms with Gasteiger partial charge in [-0.1, -0.05) is 158 Å². The maximum atomic E-state index is 6.32. The van der Waals surface area contributed by atoms with Gasteiger partial charge in [0, 0.05) is 44.3 Å². The number of rotatable bonds is 5. The Labute approximate surface area is 370 Å². The van der Waals surface area contributed by atoms with Gasteiger partial charge < -0.3 is 13.9 Å². The average Bonchev–Trinajstić information content (AvgIpc) is 4.08. The summed E-state index contributed by atoms with van der Waals surface area (Å²) in [7, 11) is 0. The highest BCUT2D eigenvalue weighted by Crippen LogP contribution is 2.63. The molecule has 0 atom stereocenters. The highest BCUT2D eigenvalue weighted by Gasteiger charge is 2.51. The minimum atomic E-state index is -0.386. The standard InChI is InChI=1S/C61H38N2O/c1-2-14-41(15-3-1)63-57-24-12-7-19-49(57)50-34-31-44(38-58(50)63)62(43-32-35-60-52(37-43)51-20-8-13-25-59(51)64-60)42-29-26-39(27-30-42)40-28-33-48-47-18-6-11-23-55(47)61(56(48)36-40)53-21-9-4-16-45(53)46-17-5-10-22-54(46)61/h1-38H. The second kappa shape index (κ2) is 13.3. The monoisotopic (exact) mass is 814 g/mol. The third-order valence-corrected chi connectivity index (χ3v) is 14.0. The molecule has 12 aromatic rings. The van der Waals surface area contributed by atoms with Crippen LogP contribution in [0, 0.1) is 0 Å². The Hall–Kier alpha value is -8.40. The summed E-state index contributed by atoms with van der Waals surface area (Å²) in [6.07, 6.45) is 0. The molecule has 14 rings (SSSR count). The van der Waals surface area contributed by atoms with Crippen molar-refractivity contribution in [2.45, 2.75) is 5.41 Å². The molecule has 2 heterocycles. The molecule has 64 heavy (non-hydrogen) atoms. The first kappa shape index (κ1) is 35.2. The third-order valence-electron chi connectivity index (χ3n) is 14.0. The van der Waals surface area contributed by atoms with Crippen LogP contribution in [0.1, 0.15) is 22.3 Å². The minimum absolute atomic E-state index is 0.386. The smallest absolute Gasteiger partial charge is 0.135 e. The van der Waals surface area contributed by atoms with Gasteiger partial charge in [-0.15, -0.1) is 0 Å². The van der Waals surface area contributed by atoms with Gasteiger partial charge in [-0.3, -0.25) is 0 Å². The van der Waals surface area contributed by atoms with Crippen LogP contribution in [0.2, 0.25) is 0 Å². The number of benzene rings is 10. The summed E-state index contributed by atoms with van der Waals surface area (Å²) in [5.74, 6) is 0. The molecule has 0 N–H and O–H groups in total. The van der Waals surface area contributed by atoms with Crippen LogP contribution in [0.3, 0.4) is 0 Å². The van der Waals surface area contributed by atoms with E-state index in [-0.39, 0.29) is 5.41 Å². The maximum Gasteiger partial charge on any atom is 0.135 e. The van der Waals surface area contributed by atoms with Crippen molar-refractivity contribution < 1.29 is 4.42 Å². The summed E-state index contributed by atoms with van der Waals surface area (Å²) in [5.41, 5.74) is 21.1. The second-order valence-electron chi connectivity index (χ2n) is 17.2. The van der Waals surface area contributed by atoms with Gasteiger partial charge in [0.1, 0.15) is 11.2 Å². The van der Waals surface area contributed by atoms with E-state index >= 15 is 0 Å². The van der Waals surface area contributed by atoms with Gasteiger partial charge in [0.25, 0.3) is 0 Å². The number of fused-ring (bicyclic) bond motifs is 16. The van der Waals surface area contributed by atoms with Crippen LogP contribution in [0.5, 0.6) is 0 Å². The lowest BCUT2D eigenvalue weighted by Gasteiger charge is -2.30. The van der Waals surface area contributed by atoms with E-state index in [0.717, 1.165) is 50.2 Å². The lowest BCUT2D eigenvalue weighted by atomic mass is 9.70. The van der Waals surface area contributed by atoms with Crippen molar-refractivity contribution in [1.29, 1.82) is 0 Å². The van der Waals surface area contributed by atoms with Crippen molar-refractivity contribution in [2.24, 2.45) is 0 Å². The SMILES string of the molecule is c1ccc(-n2c3ccccc3c3ccc(N(c4ccc(-c5ccc6c(c5)C5(c7ccccc7-c7ccccc75)c5ccccc5-6)cc4)c4ccc5oc6ccccc6c5c4)cc32)cc1. The Morgan fingerprint density at radius 1 is 0.328 bits per heavy atom. The van der Waals surface area contributed by atoms with Crippen LogP contribution < -0.4 is 4.90 Å². The fraction of sp³-hybridized carbons (Fsp3) is 0.0164. The van der Waals surface area contributed by atoms with E-state index in [1.807, 2.05) is 12.1 Å². The molecule has 3 heteroatoms. The molecule has 2 aromatic heterocycles. The molecule has 0 radical (unpaired) electrons. The molecule has 2 aliphatic rings. The van der Waals surface area contributed by atoms with Crippen LogP contribution in [-0.4, -0.2) is 4.57 Å². The first-order valence-electron chi connectivity index (χ1n) is 22.1. The van der Waals surface area contributed by atoms with E-state index in [0.29, 0.717) is 0 Å². The molecule has 1 spiro atoms. The van der Waals surface area contributed by atoms with E-state index in [2.05, 4.69) is 228 Å².